The zero-order chi connectivity index (χ0) is 17.5. The second-order valence-corrected chi connectivity index (χ2v) is 6.67. The van der Waals surface area contributed by atoms with Crippen LogP contribution in [0.3, 0.4) is 0 Å². The molecule has 0 bridgehead atoms. The molecule has 130 valence electrons. The van der Waals surface area contributed by atoms with Crippen molar-refractivity contribution in [2.45, 2.75) is 13.2 Å². The molecule has 0 aliphatic heterocycles. The standard InChI is InChI=1S/C17H18BrCl2NO3/c1-23-16-8-11(9-21-5-6-22)7-13(18)17(16)24-10-12-14(19)3-2-4-15(12)20/h2-4,7-8,21-22H,5-6,9-10H2,1H3. The summed E-state index contributed by atoms with van der Waals surface area (Å²) >= 11 is 15.8. The number of halogens is 3. The third-order valence-corrected chi connectivity index (χ3v) is 4.63. The molecule has 2 aromatic rings. The molecule has 0 radical (unpaired) electrons. The monoisotopic (exact) mass is 433 g/mol. The maximum absolute atomic E-state index is 8.83. The van der Waals surface area contributed by atoms with Crippen molar-refractivity contribution in [2.75, 3.05) is 20.3 Å². The van der Waals surface area contributed by atoms with Crippen molar-refractivity contribution in [1.82, 2.24) is 5.32 Å². The zero-order valence-electron chi connectivity index (χ0n) is 13.1. The van der Waals surface area contributed by atoms with Gasteiger partial charge in [0.25, 0.3) is 0 Å². The van der Waals surface area contributed by atoms with E-state index in [1.54, 1.807) is 25.3 Å². The molecule has 2 N–H and O–H groups in total. The minimum Gasteiger partial charge on any atom is -0.493 e. The van der Waals surface area contributed by atoms with Gasteiger partial charge in [0.1, 0.15) is 6.61 Å². The van der Waals surface area contributed by atoms with Gasteiger partial charge in [-0.3, -0.25) is 0 Å². The van der Waals surface area contributed by atoms with E-state index in [0.29, 0.717) is 34.6 Å². The number of hydrogen-bond donors (Lipinski definition) is 2. The first-order valence-electron chi connectivity index (χ1n) is 7.30. The lowest BCUT2D eigenvalue weighted by molar-refractivity contribution is 0.282. The van der Waals surface area contributed by atoms with E-state index in [4.69, 9.17) is 37.8 Å². The average molecular weight is 435 g/mol. The molecule has 2 aromatic carbocycles. The summed E-state index contributed by atoms with van der Waals surface area (Å²) in [4.78, 5) is 0. The van der Waals surface area contributed by atoms with E-state index in [-0.39, 0.29) is 13.2 Å². The van der Waals surface area contributed by atoms with Crippen LogP contribution >= 0.6 is 39.1 Å². The van der Waals surface area contributed by atoms with Gasteiger partial charge in [-0.15, -0.1) is 0 Å². The van der Waals surface area contributed by atoms with Crippen LogP contribution in [0, 0.1) is 0 Å². The number of hydrogen-bond acceptors (Lipinski definition) is 4. The lowest BCUT2D eigenvalue weighted by atomic mass is 10.2. The fraction of sp³-hybridized carbons (Fsp3) is 0.294. The fourth-order valence-electron chi connectivity index (χ4n) is 2.14. The molecule has 0 saturated carbocycles. The van der Waals surface area contributed by atoms with Crippen LogP contribution < -0.4 is 14.8 Å². The second kappa shape index (κ2) is 9.49. The predicted octanol–water partition coefficient (Wildman–Crippen LogP) is 4.43. The summed E-state index contributed by atoms with van der Waals surface area (Å²) in [7, 11) is 1.59. The van der Waals surface area contributed by atoms with E-state index in [1.807, 2.05) is 12.1 Å². The number of ether oxygens (including phenoxy) is 2. The van der Waals surface area contributed by atoms with Gasteiger partial charge in [-0.2, -0.15) is 0 Å². The largest absolute Gasteiger partial charge is 0.493 e. The molecule has 0 unspecified atom stereocenters. The number of rotatable bonds is 8. The zero-order valence-corrected chi connectivity index (χ0v) is 16.2. The molecule has 0 fully saturated rings. The molecule has 0 amide bonds. The van der Waals surface area contributed by atoms with Crippen LogP contribution in [-0.2, 0) is 13.2 Å². The van der Waals surface area contributed by atoms with Crippen molar-refractivity contribution in [3.05, 3.63) is 56.0 Å². The molecule has 0 aliphatic carbocycles. The van der Waals surface area contributed by atoms with Gasteiger partial charge in [0, 0.05) is 28.7 Å². The summed E-state index contributed by atoms with van der Waals surface area (Å²) in [6.07, 6.45) is 0. The molecule has 0 aromatic heterocycles. The van der Waals surface area contributed by atoms with Crippen LogP contribution in [0.4, 0.5) is 0 Å². The average Bonchev–Trinajstić information content (AvgIpc) is 2.55. The normalized spacial score (nSPS) is 10.7. The Balaban J connectivity index is 2.17. The van der Waals surface area contributed by atoms with E-state index >= 15 is 0 Å². The van der Waals surface area contributed by atoms with Crippen LogP contribution in [0.1, 0.15) is 11.1 Å². The lowest BCUT2D eigenvalue weighted by Gasteiger charge is -2.16. The van der Waals surface area contributed by atoms with Crippen LogP contribution in [0.15, 0.2) is 34.8 Å². The Morgan fingerprint density at radius 2 is 1.92 bits per heavy atom. The summed E-state index contributed by atoms with van der Waals surface area (Å²) < 4.78 is 12.1. The van der Waals surface area contributed by atoms with Gasteiger partial charge >= 0.3 is 0 Å². The van der Waals surface area contributed by atoms with Crippen LogP contribution in [0.5, 0.6) is 11.5 Å². The minimum atomic E-state index is 0.0953. The molecular formula is C17H18BrCl2NO3. The van der Waals surface area contributed by atoms with E-state index in [1.165, 1.54) is 0 Å². The smallest absolute Gasteiger partial charge is 0.175 e. The third-order valence-electron chi connectivity index (χ3n) is 3.33. The SMILES string of the molecule is COc1cc(CNCCO)cc(Br)c1OCc1c(Cl)cccc1Cl. The van der Waals surface area contributed by atoms with Crippen molar-refractivity contribution >= 4 is 39.1 Å². The Morgan fingerprint density at radius 1 is 1.21 bits per heavy atom. The first-order valence-corrected chi connectivity index (χ1v) is 8.85. The highest BCUT2D eigenvalue weighted by molar-refractivity contribution is 9.10. The molecule has 0 atom stereocenters. The Hall–Kier alpha value is -0.980. The molecule has 24 heavy (non-hydrogen) atoms. The highest BCUT2D eigenvalue weighted by Gasteiger charge is 2.14. The van der Waals surface area contributed by atoms with E-state index in [0.717, 1.165) is 15.6 Å². The molecule has 0 aliphatic rings. The topological polar surface area (TPSA) is 50.7 Å². The predicted molar refractivity (Wildman–Crippen MR) is 100 cm³/mol. The van der Waals surface area contributed by atoms with Crippen molar-refractivity contribution < 1.29 is 14.6 Å². The lowest BCUT2D eigenvalue weighted by Crippen LogP contribution is -2.17. The van der Waals surface area contributed by atoms with E-state index in [9.17, 15) is 0 Å². The summed E-state index contributed by atoms with van der Waals surface area (Å²) in [5.41, 5.74) is 1.73. The van der Waals surface area contributed by atoms with Crippen LogP contribution in [0.25, 0.3) is 0 Å². The maximum atomic E-state index is 8.83. The van der Waals surface area contributed by atoms with Crippen molar-refractivity contribution in [1.29, 1.82) is 0 Å². The van der Waals surface area contributed by atoms with E-state index in [2.05, 4.69) is 21.2 Å². The molecule has 4 nitrogen and oxygen atoms in total. The van der Waals surface area contributed by atoms with Crippen molar-refractivity contribution in [3.8, 4) is 11.5 Å². The highest BCUT2D eigenvalue weighted by atomic mass is 79.9. The first kappa shape index (κ1) is 19.3. The van der Waals surface area contributed by atoms with Gasteiger partial charge in [-0.25, -0.2) is 0 Å². The third kappa shape index (κ3) is 5.01. The van der Waals surface area contributed by atoms with Gasteiger partial charge in [0.2, 0.25) is 0 Å². The quantitative estimate of drug-likeness (QED) is 0.603. The summed E-state index contributed by atoms with van der Waals surface area (Å²) in [6.45, 7) is 1.48. The van der Waals surface area contributed by atoms with Gasteiger partial charge in [-0.1, -0.05) is 29.3 Å². The second-order valence-electron chi connectivity index (χ2n) is 5.00. The molecule has 0 spiro atoms. The van der Waals surface area contributed by atoms with Gasteiger partial charge in [0.15, 0.2) is 11.5 Å². The molecular weight excluding hydrogens is 417 g/mol. The molecule has 0 heterocycles. The minimum absolute atomic E-state index is 0.0953. The fourth-order valence-corrected chi connectivity index (χ4v) is 3.25. The Labute approximate surface area is 159 Å². The molecule has 2 rings (SSSR count). The van der Waals surface area contributed by atoms with Gasteiger partial charge in [0.05, 0.1) is 18.2 Å². The van der Waals surface area contributed by atoms with Crippen LogP contribution in [0.2, 0.25) is 10.0 Å². The van der Waals surface area contributed by atoms with Crippen molar-refractivity contribution in [2.24, 2.45) is 0 Å². The molecule has 7 heteroatoms. The molecule has 0 saturated heterocycles. The number of aliphatic hydroxyl groups is 1. The number of nitrogens with one attached hydrogen (secondary N) is 1. The van der Waals surface area contributed by atoms with Gasteiger partial charge < -0.3 is 19.9 Å². The Kier molecular flexibility index (Phi) is 7.65. The summed E-state index contributed by atoms with van der Waals surface area (Å²) in [6, 6.07) is 9.16. The Morgan fingerprint density at radius 3 is 2.54 bits per heavy atom. The number of aliphatic hydroxyl groups excluding tert-OH is 1. The number of methoxy groups -OCH3 is 1. The first-order chi connectivity index (χ1) is 11.6. The van der Waals surface area contributed by atoms with Gasteiger partial charge in [-0.05, 0) is 45.8 Å². The van der Waals surface area contributed by atoms with E-state index < -0.39 is 0 Å². The van der Waals surface area contributed by atoms with Crippen molar-refractivity contribution in [3.63, 3.8) is 0 Å². The highest BCUT2D eigenvalue weighted by Crippen LogP contribution is 2.38. The maximum Gasteiger partial charge on any atom is 0.175 e. The Bertz CT molecular complexity index is 678. The summed E-state index contributed by atoms with van der Waals surface area (Å²) in [5.74, 6) is 1.19. The summed E-state index contributed by atoms with van der Waals surface area (Å²) in [5, 5.41) is 13.1. The number of benzene rings is 2. The van der Waals surface area contributed by atoms with Crippen LogP contribution in [-0.4, -0.2) is 25.4 Å².